The van der Waals surface area contributed by atoms with Gasteiger partial charge >= 0.3 is 0 Å². The van der Waals surface area contributed by atoms with Crippen molar-refractivity contribution in [3.05, 3.63) is 0 Å². The van der Waals surface area contributed by atoms with E-state index in [4.69, 9.17) is 5.73 Å². The Hall–Kier alpha value is -0.610. The Kier molecular flexibility index (Phi) is 6.46. The van der Waals surface area contributed by atoms with E-state index >= 15 is 0 Å². The van der Waals surface area contributed by atoms with E-state index in [2.05, 4.69) is 37.9 Å². The number of amides is 1. The van der Waals surface area contributed by atoms with E-state index in [-0.39, 0.29) is 5.91 Å². The summed E-state index contributed by atoms with van der Waals surface area (Å²) in [4.78, 5) is 14.4. The lowest BCUT2D eigenvalue weighted by Crippen LogP contribution is -2.57. The van der Waals surface area contributed by atoms with E-state index in [1.165, 1.54) is 12.8 Å². The van der Waals surface area contributed by atoms with Crippen LogP contribution in [0, 0.1) is 5.92 Å². The summed E-state index contributed by atoms with van der Waals surface area (Å²) < 4.78 is 0. The lowest BCUT2D eigenvalue weighted by molar-refractivity contribution is -0.124. The smallest absolute Gasteiger partial charge is 0.237 e. The van der Waals surface area contributed by atoms with Crippen LogP contribution in [0.15, 0.2) is 0 Å². The summed E-state index contributed by atoms with van der Waals surface area (Å²) in [6.45, 7) is 12.8. The van der Waals surface area contributed by atoms with E-state index in [1.54, 1.807) is 0 Å². The molecule has 4 nitrogen and oxygen atoms in total. The molecule has 0 aromatic carbocycles. The molecule has 1 saturated heterocycles. The van der Waals surface area contributed by atoms with Gasteiger partial charge in [-0.2, -0.15) is 0 Å². The average Bonchev–Trinajstić information content (AvgIpc) is 2.85. The fourth-order valence-electron chi connectivity index (χ4n) is 3.45. The number of carbonyl (C=O) groups is 1. The van der Waals surface area contributed by atoms with E-state index in [0.29, 0.717) is 18.0 Å². The van der Waals surface area contributed by atoms with Crippen molar-refractivity contribution >= 4 is 5.91 Å². The molecule has 0 bridgehead atoms. The minimum Gasteiger partial charge on any atom is -0.368 e. The van der Waals surface area contributed by atoms with Crippen molar-refractivity contribution in [2.24, 2.45) is 11.7 Å². The lowest BCUT2D eigenvalue weighted by atomic mass is 9.90. The minimum absolute atomic E-state index is 0.238. The van der Waals surface area contributed by atoms with Gasteiger partial charge in [0.15, 0.2) is 0 Å². The van der Waals surface area contributed by atoms with Gasteiger partial charge in [-0.15, -0.1) is 0 Å². The number of hydrogen-bond acceptors (Lipinski definition) is 3. The molecule has 3 N–H and O–H groups in total. The second-order valence-electron chi connectivity index (χ2n) is 6.87. The molecule has 3 atom stereocenters. The van der Waals surface area contributed by atoms with E-state index in [1.807, 2.05) is 6.92 Å². The van der Waals surface area contributed by atoms with Crippen molar-refractivity contribution in [1.29, 1.82) is 0 Å². The zero-order chi connectivity index (χ0) is 15.3. The molecule has 1 heterocycles. The Balaban J connectivity index is 2.70. The third-order valence-corrected chi connectivity index (χ3v) is 4.69. The molecule has 0 aromatic rings. The number of primary amides is 1. The number of likely N-dealkylation sites (tertiary alicyclic amines) is 1. The molecule has 0 radical (unpaired) electrons. The highest BCUT2D eigenvalue weighted by atomic mass is 16.1. The van der Waals surface area contributed by atoms with E-state index < -0.39 is 5.54 Å². The summed E-state index contributed by atoms with van der Waals surface area (Å²) >= 11 is 0. The Morgan fingerprint density at radius 3 is 2.60 bits per heavy atom. The van der Waals surface area contributed by atoms with Crippen LogP contribution >= 0.6 is 0 Å². The van der Waals surface area contributed by atoms with Crippen LogP contribution < -0.4 is 11.1 Å². The Bertz CT molecular complexity index is 319. The standard InChI is InChI=1S/C16H33N3O/c1-6-9-18-16(5,15(17)20)11-13(4)19-10-7-8-14(19)12(2)3/h12-14,18H,6-11H2,1-5H3,(H2,17,20). The highest BCUT2D eigenvalue weighted by Gasteiger charge is 2.37. The summed E-state index contributed by atoms with van der Waals surface area (Å²) in [7, 11) is 0. The van der Waals surface area contributed by atoms with Crippen LogP contribution in [0.25, 0.3) is 0 Å². The maximum Gasteiger partial charge on any atom is 0.237 e. The number of rotatable bonds is 8. The molecule has 0 spiro atoms. The van der Waals surface area contributed by atoms with Gasteiger partial charge in [0.05, 0.1) is 5.54 Å². The third-order valence-electron chi connectivity index (χ3n) is 4.69. The number of hydrogen-bond donors (Lipinski definition) is 2. The monoisotopic (exact) mass is 283 g/mol. The van der Waals surface area contributed by atoms with Crippen molar-refractivity contribution in [2.75, 3.05) is 13.1 Å². The van der Waals surface area contributed by atoms with Gasteiger partial charge in [-0.1, -0.05) is 20.8 Å². The summed E-state index contributed by atoms with van der Waals surface area (Å²) in [5.41, 5.74) is 5.04. The number of nitrogens with one attached hydrogen (secondary N) is 1. The molecule has 118 valence electrons. The molecule has 1 aliphatic rings. The van der Waals surface area contributed by atoms with Crippen LogP contribution in [0.1, 0.15) is 60.3 Å². The maximum atomic E-state index is 11.8. The molecule has 1 rings (SSSR count). The van der Waals surface area contributed by atoms with Gasteiger partial charge in [0.2, 0.25) is 5.91 Å². The van der Waals surface area contributed by atoms with Gasteiger partial charge < -0.3 is 11.1 Å². The first-order valence-corrected chi connectivity index (χ1v) is 8.12. The zero-order valence-corrected chi connectivity index (χ0v) is 13.9. The van der Waals surface area contributed by atoms with Crippen LogP contribution in [-0.2, 0) is 4.79 Å². The highest BCUT2D eigenvalue weighted by molar-refractivity contribution is 5.84. The second kappa shape index (κ2) is 7.41. The van der Waals surface area contributed by atoms with Gasteiger partial charge in [-0.3, -0.25) is 9.69 Å². The van der Waals surface area contributed by atoms with Gasteiger partial charge in [0, 0.05) is 12.1 Å². The second-order valence-corrected chi connectivity index (χ2v) is 6.87. The molecule has 1 amide bonds. The first kappa shape index (κ1) is 17.4. The number of nitrogens with two attached hydrogens (primary N) is 1. The molecule has 20 heavy (non-hydrogen) atoms. The quantitative estimate of drug-likeness (QED) is 0.717. The van der Waals surface area contributed by atoms with E-state index in [9.17, 15) is 4.79 Å². The van der Waals surface area contributed by atoms with Gasteiger partial charge in [-0.05, 0) is 58.5 Å². The highest BCUT2D eigenvalue weighted by Crippen LogP contribution is 2.28. The predicted octanol–water partition coefficient (Wildman–Crippen LogP) is 2.13. The van der Waals surface area contributed by atoms with Crippen LogP contribution in [-0.4, -0.2) is 41.5 Å². The average molecular weight is 283 g/mol. The molecule has 1 fully saturated rings. The fourth-order valence-corrected chi connectivity index (χ4v) is 3.45. The molecule has 0 saturated carbocycles. The molecule has 3 unspecified atom stereocenters. The molecular weight excluding hydrogens is 250 g/mol. The van der Waals surface area contributed by atoms with Crippen LogP contribution in [0.4, 0.5) is 0 Å². The normalized spacial score (nSPS) is 24.8. The zero-order valence-electron chi connectivity index (χ0n) is 13.9. The van der Waals surface area contributed by atoms with E-state index in [0.717, 1.165) is 25.9 Å². The minimum atomic E-state index is -0.598. The molecule has 0 aliphatic carbocycles. The first-order valence-electron chi connectivity index (χ1n) is 8.12. The lowest BCUT2D eigenvalue weighted by Gasteiger charge is -2.38. The number of carbonyl (C=O) groups excluding carboxylic acids is 1. The number of nitrogens with zero attached hydrogens (tertiary/aromatic N) is 1. The van der Waals surface area contributed by atoms with Gasteiger partial charge in [-0.25, -0.2) is 0 Å². The van der Waals surface area contributed by atoms with Crippen molar-refractivity contribution in [1.82, 2.24) is 10.2 Å². The first-order chi connectivity index (χ1) is 9.31. The Morgan fingerprint density at radius 1 is 1.45 bits per heavy atom. The topological polar surface area (TPSA) is 58.4 Å². The fraction of sp³-hybridized carbons (Fsp3) is 0.938. The van der Waals surface area contributed by atoms with Crippen LogP contribution in [0.2, 0.25) is 0 Å². The van der Waals surface area contributed by atoms with Crippen molar-refractivity contribution < 1.29 is 4.79 Å². The SMILES string of the molecule is CCCNC(C)(CC(C)N1CCCC1C(C)C)C(N)=O. The largest absolute Gasteiger partial charge is 0.368 e. The third kappa shape index (κ3) is 4.19. The Morgan fingerprint density at radius 2 is 2.10 bits per heavy atom. The molecule has 1 aliphatic heterocycles. The van der Waals surface area contributed by atoms with Crippen molar-refractivity contribution in [3.63, 3.8) is 0 Å². The van der Waals surface area contributed by atoms with Gasteiger partial charge in [0.1, 0.15) is 0 Å². The molecule has 0 aromatic heterocycles. The van der Waals surface area contributed by atoms with Crippen LogP contribution in [0.3, 0.4) is 0 Å². The summed E-state index contributed by atoms with van der Waals surface area (Å²) in [5.74, 6) is 0.432. The van der Waals surface area contributed by atoms with Crippen molar-refractivity contribution in [2.45, 2.75) is 77.9 Å². The molecule has 4 heteroatoms. The Labute approximate surface area is 124 Å². The van der Waals surface area contributed by atoms with Gasteiger partial charge in [0.25, 0.3) is 0 Å². The maximum absolute atomic E-state index is 11.8. The summed E-state index contributed by atoms with van der Waals surface area (Å²) in [6.07, 6.45) is 4.33. The predicted molar refractivity (Wildman–Crippen MR) is 84.5 cm³/mol. The summed E-state index contributed by atoms with van der Waals surface area (Å²) in [5, 5.41) is 3.34. The van der Waals surface area contributed by atoms with Crippen molar-refractivity contribution in [3.8, 4) is 0 Å². The van der Waals surface area contributed by atoms with Crippen LogP contribution in [0.5, 0.6) is 0 Å². The molecular formula is C16H33N3O. The summed E-state index contributed by atoms with van der Waals surface area (Å²) in [6, 6.07) is 1.03.